The van der Waals surface area contributed by atoms with E-state index in [9.17, 15) is 30.0 Å². The summed E-state index contributed by atoms with van der Waals surface area (Å²) >= 11 is 0. The van der Waals surface area contributed by atoms with Gasteiger partial charge in [0.05, 0.1) is 0 Å². The molecule has 0 aliphatic rings. The fourth-order valence-electron chi connectivity index (χ4n) is 1.24. The SMILES string of the molecule is CCNC(=O)C(O)C(O)C(O)C(O)C(=O)NCC. The van der Waals surface area contributed by atoms with Crippen molar-refractivity contribution < 1.29 is 30.0 Å². The molecule has 2 amide bonds. The summed E-state index contributed by atoms with van der Waals surface area (Å²) in [5.41, 5.74) is 0. The number of hydrogen-bond acceptors (Lipinski definition) is 6. The number of rotatable bonds is 7. The Morgan fingerprint density at radius 3 is 1.33 bits per heavy atom. The van der Waals surface area contributed by atoms with E-state index in [2.05, 4.69) is 10.6 Å². The van der Waals surface area contributed by atoms with E-state index in [1.54, 1.807) is 13.8 Å². The van der Waals surface area contributed by atoms with Crippen LogP contribution in [-0.4, -0.2) is 69.7 Å². The number of carbonyl (C=O) groups is 2. The molecule has 0 saturated carbocycles. The lowest BCUT2D eigenvalue weighted by atomic mass is 10.0. The Morgan fingerprint density at radius 2 is 1.11 bits per heavy atom. The number of aliphatic hydroxyl groups is 4. The minimum Gasteiger partial charge on any atom is -0.387 e. The molecule has 0 rings (SSSR count). The number of aliphatic hydroxyl groups excluding tert-OH is 4. The first-order chi connectivity index (χ1) is 8.36. The molecular formula is C10H20N2O6. The molecule has 18 heavy (non-hydrogen) atoms. The van der Waals surface area contributed by atoms with Gasteiger partial charge in [-0.3, -0.25) is 9.59 Å². The van der Waals surface area contributed by atoms with E-state index in [-0.39, 0.29) is 13.1 Å². The average Bonchev–Trinajstić information content (AvgIpc) is 2.35. The van der Waals surface area contributed by atoms with Gasteiger partial charge in [-0.1, -0.05) is 0 Å². The number of carbonyl (C=O) groups excluding carboxylic acids is 2. The van der Waals surface area contributed by atoms with E-state index in [0.29, 0.717) is 0 Å². The molecule has 4 atom stereocenters. The molecule has 0 heterocycles. The molecule has 0 saturated heterocycles. The van der Waals surface area contributed by atoms with Crippen molar-refractivity contribution in [1.29, 1.82) is 0 Å². The predicted molar refractivity (Wildman–Crippen MR) is 61.4 cm³/mol. The maximum atomic E-state index is 11.2. The molecule has 0 fully saturated rings. The second-order valence-electron chi connectivity index (χ2n) is 3.66. The summed E-state index contributed by atoms with van der Waals surface area (Å²) in [6.07, 6.45) is -7.78. The van der Waals surface area contributed by atoms with Gasteiger partial charge in [-0.05, 0) is 13.8 Å². The van der Waals surface area contributed by atoms with E-state index in [4.69, 9.17) is 0 Å². The molecule has 6 N–H and O–H groups in total. The molecule has 0 aliphatic carbocycles. The number of amides is 2. The highest BCUT2D eigenvalue weighted by atomic mass is 16.4. The van der Waals surface area contributed by atoms with Gasteiger partial charge >= 0.3 is 0 Å². The Balaban J connectivity index is 4.52. The smallest absolute Gasteiger partial charge is 0.251 e. The van der Waals surface area contributed by atoms with Crippen molar-refractivity contribution in [3.8, 4) is 0 Å². The Hall–Kier alpha value is -1.22. The van der Waals surface area contributed by atoms with Gasteiger partial charge in [-0.15, -0.1) is 0 Å². The van der Waals surface area contributed by atoms with Crippen LogP contribution in [0.25, 0.3) is 0 Å². The molecule has 0 radical (unpaired) electrons. The standard InChI is InChI=1S/C10H20N2O6/c1-3-11-9(17)7(15)5(13)6(14)8(16)10(18)12-4-2/h5-8,13-16H,3-4H2,1-2H3,(H,11,17)(H,12,18). The summed E-state index contributed by atoms with van der Waals surface area (Å²) in [5.74, 6) is -1.79. The van der Waals surface area contributed by atoms with Crippen LogP contribution >= 0.6 is 0 Å². The van der Waals surface area contributed by atoms with Gasteiger partial charge in [0.2, 0.25) is 0 Å². The van der Waals surface area contributed by atoms with Gasteiger partial charge in [-0.25, -0.2) is 0 Å². The topological polar surface area (TPSA) is 139 Å². The van der Waals surface area contributed by atoms with Crippen molar-refractivity contribution in [2.24, 2.45) is 0 Å². The Bertz CT molecular complexity index is 258. The Labute approximate surface area is 105 Å². The maximum absolute atomic E-state index is 11.2. The third kappa shape index (κ3) is 4.57. The highest BCUT2D eigenvalue weighted by molar-refractivity contribution is 5.83. The third-order valence-electron chi connectivity index (χ3n) is 2.24. The molecule has 0 aliphatic heterocycles. The van der Waals surface area contributed by atoms with Crippen LogP contribution in [0.5, 0.6) is 0 Å². The fourth-order valence-corrected chi connectivity index (χ4v) is 1.24. The summed E-state index contributed by atoms with van der Waals surface area (Å²) in [6, 6.07) is 0. The van der Waals surface area contributed by atoms with Crippen LogP contribution < -0.4 is 10.6 Å². The van der Waals surface area contributed by atoms with Crippen LogP contribution in [-0.2, 0) is 9.59 Å². The fraction of sp³-hybridized carbons (Fsp3) is 0.800. The first kappa shape index (κ1) is 16.8. The highest BCUT2D eigenvalue weighted by Gasteiger charge is 2.36. The minimum absolute atomic E-state index is 0.234. The van der Waals surface area contributed by atoms with Gasteiger partial charge in [0.25, 0.3) is 11.8 Å². The lowest BCUT2D eigenvalue weighted by molar-refractivity contribution is -0.155. The summed E-state index contributed by atoms with van der Waals surface area (Å²) in [4.78, 5) is 22.4. The normalized spacial score (nSPS) is 17.4. The van der Waals surface area contributed by atoms with E-state index in [1.807, 2.05) is 0 Å². The molecule has 0 spiro atoms. The van der Waals surface area contributed by atoms with E-state index >= 15 is 0 Å². The van der Waals surface area contributed by atoms with Crippen molar-refractivity contribution in [1.82, 2.24) is 10.6 Å². The lowest BCUT2D eigenvalue weighted by Crippen LogP contribution is -2.54. The van der Waals surface area contributed by atoms with Crippen LogP contribution in [0.3, 0.4) is 0 Å². The molecular weight excluding hydrogens is 244 g/mol. The second-order valence-corrected chi connectivity index (χ2v) is 3.66. The zero-order valence-corrected chi connectivity index (χ0v) is 10.3. The second kappa shape index (κ2) is 7.98. The number of likely N-dealkylation sites (N-methyl/N-ethyl adjacent to an activating group) is 2. The van der Waals surface area contributed by atoms with E-state index in [0.717, 1.165) is 0 Å². The Morgan fingerprint density at radius 1 is 0.833 bits per heavy atom. The van der Waals surface area contributed by atoms with Gasteiger partial charge in [0.15, 0.2) is 12.2 Å². The lowest BCUT2D eigenvalue weighted by Gasteiger charge is -2.25. The van der Waals surface area contributed by atoms with Crippen molar-refractivity contribution in [2.75, 3.05) is 13.1 Å². The molecule has 106 valence electrons. The molecule has 0 aromatic heterocycles. The third-order valence-corrected chi connectivity index (χ3v) is 2.24. The van der Waals surface area contributed by atoms with Gasteiger partial charge in [0.1, 0.15) is 12.2 Å². The molecule has 0 bridgehead atoms. The van der Waals surface area contributed by atoms with Gasteiger partial charge in [0, 0.05) is 13.1 Å². The van der Waals surface area contributed by atoms with Crippen molar-refractivity contribution in [3.05, 3.63) is 0 Å². The maximum Gasteiger partial charge on any atom is 0.251 e. The first-order valence-corrected chi connectivity index (χ1v) is 5.64. The average molecular weight is 264 g/mol. The van der Waals surface area contributed by atoms with Crippen LogP contribution in [0.1, 0.15) is 13.8 Å². The van der Waals surface area contributed by atoms with Crippen LogP contribution in [0.2, 0.25) is 0 Å². The van der Waals surface area contributed by atoms with Gasteiger partial charge < -0.3 is 31.1 Å². The van der Waals surface area contributed by atoms with Crippen LogP contribution in [0.15, 0.2) is 0 Å². The monoisotopic (exact) mass is 264 g/mol. The molecule has 8 heteroatoms. The molecule has 0 aromatic rings. The Kier molecular flexibility index (Phi) is 7.44. The first-order valence-electron chi connectivity index (χ1n) is 5.64. The quantitative estimate of drug-likeness (QED) is 0.285. The van der Waals surface area contributed by atoms with Crippen LogP contribution in [0.4, 0.5) is 0 Å². The minimum atomic E-state index is -1.96. The van der Waals surface area contributed by atoms with E-state index in [1.165, 1.54) is 0 Å². The molecule has 4 unspecified atom stereocenters. The highest BCUT2D eigenvalue weighted by Crippen LogP contribution is 2.06. The number of nitrogens with one attached hydrogen (secondary N) is 2. The summed E-state index contributed by atoms with van der Waals surface area (Å²) in [7, 11) is 0. The largest absolute Gasteiger partial charge is 0.387 e. The zero-order valence-electron chi connectivity index (χ0n) is 10.3. The number of hydrogen-bond donors (Lipinski definition) is 6. The summed E-state index contributed by atoms with van der Waals surface area (Å²) in [6.45, 7) is 3.68. The van der Waals surface area contributed by atoms with Gasteiger partial charge in [-0.2, -0.15) is 0 Å². The molecule has 8 nitrogen and oxygen atoms in total. The van der Waals surface area contributed by atoms with Crippen LogP contribution in [0, 0.1) is 0 Å². The zero-order chi connectivity index (χ0) is 14.3. The van der Waals surface area contributed by atoms with E-state index < -0.39 is 36.2 Å². The van der Waals surface area contributed by atoms with Crippen molar-refractivity contribution >= 4 is 11.8 Å². The predicted octanol–water partition coefficient (Wildman–Crippen LogP) is -3.30. The summed E-state index contributed by atoms with van der Waals surface area (Å²) < 4.78 is 0. The van der Waals surface area contributed by atoms with Crippen molar-refractivity contribution in [2.45, 2.75) is 38.3 Å². The summed E-state index contributed by atoms with van der Waals surface area (Å²) in [5, 5.41) is 42.2. The molecule has 0 aromatic carbocycles. The van der Waals surface area contributed by atoms with Crippen molar-refractivity contribution in [3.63, 3.8) is 0 Å².